The number of methoxy groups -OCH3 is 1. The summed E-state index contributed by atoms with van der Waals surface area (Å²) in [5, 5.41) is 0. The molecule has 3 nitrogen and oxygen atoms in total. The summed E-state index contributed by atoms with van der Waals surface area (Å²) in [6.45, 7) is 0. The number of rotatable bonds is 3. The Morgan fingerprint density at radius 3 is 2.67 bits per heavy atom. The van der Waals surface area contributed by atoms with Crippen LogP contribution in [0.15, 0.2) is 35.1 Å². The zero-order valence-electron chi connectivity index (χ0n) is 8.24. The van der Waals surface area contributed by atoms with E-state index < -0.39 is 0 Å². The van der Waals surface area contributed by atoms with E-state index in [1.165, 1.54) is 6.39 Å². The second kappa shape index (κ2) is 4.36. The molecule has 0 aliphatic heterocycles. The van der Waals surface area contributed by atoms with Crippen LogP contribution >= 0.6 is 11.6 Å². The number of hydrogen-bond acceptors (Lipinski definition) is 3. The summed E-state index contributed by atoms with van der Waals surface area (Å²) in [5.41, 5.74) is 1.70. The Balaban J connectivity index is 2.37. The number of alkyl halides is 1. The summed E-state index contributed by atoms with van der Waals surface area (Å²) in [7, 11) is 1.63. The van der Waals surface area contributed by atoms with Crippen molar-refractivity contribution in [2.45, 2.75) is 5.88 Å². The molecule has 1 heterocycles. The number of hydrogen-bond donors (Lipinski definition) is 0. The molecule has 0 atom stereocenters. The predicted molar refractivity (Wildman–Crippen MR) is 58.0 cm³/mol. The lowest BCUT2D eigenvalue weighted by molar-refractivity contribution is 0.415. The van der Waals surface area contributed by atoms with Crippen LogP contribution in [0.3, 0.4) is 0 Å². The molecule has 0 saturated heterocycles. The van der Waals surface area contributed by atoms with Crippen LogP contribution in [-0.2, 0) is 5.88 Å². The summed E-state index contributed by atoms with van der Waals surface area (Å²) < 4.78 is 10.3. The summed E-state index contributed by atoms with van der Waals surface area (Å²) in [4.78, 5) is 4.02. The first-order chi connectivity index (χ1) is 7.35. The predicted octanol–water partition coefficient (Wildman–Crippen LogP) is 3.09. The van der Waals surface area contributed by atoms with E-state index in [-0.39, 0.29) is 0 Å². The van der Waals surface area contributed by atoms with Crippen molar-refractivity contribution in [3.05, 3.63) is 36.4 Å². The van der Waals surface area contributed by atoms with Crippen molar-refractivity contribution in [2.24, 2.45) is 0 Å². The minimum Gasteiger partial charge on any atom is -0.497 e. The molecule has 0 N–H and O–H groups in total. The molecule has 0 bridgehead atoms. The van der Waals surface area contributed by atoms with Crippen LogP contribution in [0.2, 0.25) is 0 Å². The van der Waals surface area contributed by atoms with Gasteiger partial charge in [0.15, 0.2) is 12.2 Å². The quantitative estimate of drug-likeness (QED) is 0.750. The van der Waals surface area contributed by atoms with E-state index in [1.807, 2.05) is 24.3 Å². The smallest absolute Gasteiger partial charge is 0.181 e. The summed E-state index contributed by atoms with van der Waals surface area (Å²) >= 11 is 5.73. The monoisotopic (exact) mass is 223 g/mol. The third-order valence-corrected chi connectivity index (χ3v) is 2.37. The first-order valence-electron chi connectivity index (χ1n) is 4.48. The summed E-state index contributed by atoms with van der Waals surface area (Å²) in [6, 6.07) is 7.57. The molecule has 0 unspecified atom stereocenters. The molecule has 0 fully saturated rings. The molecule has 15 heavy (non-hydrogen) atoms. The highest BCUT2D eigenvalue weighted by Crippen LogP contribution is 2.25. The zero-order valence-corrected chi connectivity index (χ0v) is 8.99. The number of nitrogens with zero attached hydrogens (tertiary/aromatic N) is 1. The second-order valence-electron chi connectivity index (χ2n) is 2.99. The van der Waals surface area contributed by atoms with Crippen molar-refractivity contribution in [2.75, 3.05) is 7.11 Å². The first-order valence-corrected chi connectivity index (χ1v) is 5.01. The van der Waals surface area contributed by atoms with Crippen molar-refractivity contribution in [3.8, 4) is 17.1 Å². The van der Waals surface area contributed by atoms with Crippen LogP contribution in [0, 0.1) is 0 Å². The molecule has 0 saturated carbocycles. The van der Waals surface area contributed by atoms with E-state index in [1.54, 1.807) is 7.11 Å². The van der Waals surface area contributed by atoms with Gasteiger partial charge in [-0.1, -0.05) is 0 Å². The molecule has 0 spiro atoms. The van der Waals surface area contributed by atoms with Gasteiger partial charge in [-0.25, -0.2) is 4.98 Å². The molecule has 0 aliphatic rings. The van der Waals surface area contributed by atoms with E-state index >= 15 is 0 Å². The van der Waals surface area contributed by atoms with Gasteiger partial charge in [0.2, 0.25) is 0 Å². The Hall–Kier alpha value is -1.48. The first kappa shape index (κ1) is 10.1. The maximum atomic E-state index is 5.73. The standard InChI is InChI=1S/C11H10ClNO2/c1-14-9-4-2-8(3-5-9)11-10(6-12)13-7-15-11/h2-5,7H,6H2,1H3. The Kier molecular flexibility index (Phi) is 2.92. The molecule has 78 valence electrons. The summed E-state index contributed by atoms with van der Waals surface area (Å²) in [6.07, 6.45) is 1.40. The van der Waals surface area contributed by atoms with Gasteiger partial charge in [0, 0.05) is 5.56 Å². The average Bonchev–Trinajstić information content (AvgIpc) is 2.77. The molecule has 0 aliphatic carbocycles. The molecular formula is C11H10ClNO2. The minimum absolute atomic E-state index is 0.345. The molecule has 0 radical (unpaired) electrons. The van der Waals surface area contributed by atoms with Crippen LogP contribution in [0.4, 0.5) is 0 Å². The fourth-order valence-electron chi connectivity index (χ4n) is 1.34. The van der Waals surface area contributed by atoms with Crippen molar-refractivity contribution >= 4 is 11.6 Å². The van der Waals surface area contributed by atoms with Gasteiger partial charge in [-0.2, -0.15) is 0 Å². The fraction of sp³-hybridized carbons (Fsp3) is 0.182. The average molecular weight is 224 g/mol. The van der Waals surface area contributed by atoms with E-state index in [0.29, 0.717) is 11.6 Å². The zero-order chi connectivity index (χ0) is 10.7. The van der Waals surface area contributed by atoms with E-state index in [2.05, 4.69) is 4.98 Å². The molecule has 1 aromatic heterocycles. The van der Waals surface area contributed by atoms with Crippen LogP contribution < -0.4 is 4.74 Å². The molecule has 4 heteroatoms. The minimum atomic E-state index is 0.345. The SMILES string of the molecule is COc1ccc(-c2ocnc2CCl)cc1. The molecular weight excluding hydrogens is 214 g/mol. The fourth-order valence-corrected chi connectivity index (χ4v) is 1.53. The van der Waals surface area contributed by atoms with Gasteiger partial charge in [0.05, 0.1) is 13.0 Å². The molecule has 1 aromatic carbocycles. The van der Waals surface area contributed by atoms with Crippen LogP contribution in [-0.4, -0.2) is 12.1 Å². The van der Waals surface area contributed by atoms with Gasteiger partial charge in [-0.3, -0.25) is 0 Å². The highest BCUT2D eigenvalue weighted by Gasteiger charge is 2.09. The largest absolute Gasteiger partial charge is 0.497 e. The number of ether oxygens (including phenoxy) is 1. The molecule has 2 aromatic rings. The van der Waals surface area contributed by atoms with Gasteiger partial charge in [-0.15, -0.1) is 11.6 Å². The Labute approximate surface area is 92.6 Å². The molecule has 0 amide bonds. The molecule has 2 rings (SSSR count). The Morgan fingerprint density at radius 2 is 2.07 bits per heavy atom. The van der Waals surface area contributed by atoms with Crippen LogP contribution in [0.25, 0.3) is 11.3 Å². The lowest BCUT2D eigenvalue weighted by atomic mass is 10.1. The van der Waals surface area contributed by atoms with Gasteiger partial charge in [0.25, 0.3) is 0 Å². The van der Waals surface area contributed by atoms with Crippen LogP contribution in [0.1, 0.15) is 5.69 Å². The Bertz CT molecular complexity index is 436. The third-order valence-electron chi connectivity index (χ3n) is 2.12. The summed E-state index contributed by atoms with van der Waals surface area (Å²) in [5.74, 6) is 1.87. The van der Waals surface area contributed by atoms with E-state index in [4.69, 9.17) is 20.8 Å². The van der Waals surface area contributed by atoms with Gasteiger partial charge in [0.1, 0.15) is 11.4 Å². The number of aromatic nitrogens is 1. The number of oxazole rings is 1. The Morgan fingerprint density at radius 1 is 1.33 bits per heavy atom. The maximum absolute atomic E-state index is 5.73. The van der Waals surface area contributed by atoms with Crippen molar-refractivity contribution < 1.29 is 9.15 Å². The topological polar surface area (TPSA) is 35.3 Å². The van der Waals surface area contributed by atoms with Gasteiger partial charge in [-0.05, 0) is 24.3 Å². The van der Waals surface area contributed by atoms with Crippen LogP contribution in [0.5, 0.6) is 5.75 Å². The number of benzene rings is 1. The van der Waals surface area contributed by atoms with Crippen molar-refractivity contribution in [3.63, 3.8) is 0 Å². The lowest BCUT2D eigenvalue weighted by Gasteiger charge is -2.01. The third kappa shape index (κ3) is 1.97. The number of halogens is 1. The second-order valence-corrected chi connectivity index (χ2v) is 3.26. The van der Waals surface area contributed by atoms with E-state index in [9.17, 15) is 0 Å². The van der Waals surface area contributed by atoms with Gasteiger partial charge >= 0.3 is 0 Å². The van der Waals surface area contributed by atoms with E-state index in [0.717, 1.165) is 17.0 Å². The normalized spacial score (nSPS) is 10.3. The van der Waals surface area contributed by atoms with Crippen molar-refractivity contribution in [1.82, 2.24) is 4.98 Å². The highest BCUT2D eigenvalue weighted by molar-refractivity contribution is 6.17. The van der Waals surface area contributed by atoms with Crippen molar-refractivity contribution in [1.29, 1.82) is 0 Å². The lowest BCUT2D eigenvalue weighted by Crippen LogP contribution is -1.84. The maximum Gasteiger partial charge on any atom is 0.181 e. The van der Waals surface area contributed by atoms with Gasteiger partial charge < -0.3 is 9.15 Å². The highest BCUT2D eigenvalue weighted by atomic mass is 35.5.